The van der Waals surface area contributed by atoms with Crippen molar-refractivity contribution in [3.05, 3.63) is 0 Å². The second-order valence-corrected chi connectivity index (χ2v) is 10.2. The lowest BCUT2D eigenvalue weighted by Gasteiger charge is -2.44. The van der Waals surface area contributed by atoms with Gasteiger partial charge in [-0.15, -0.1) is 11.8 Å². The summed E-state index contributed by atoms with van der Waals surface area (Å²) in [4.78, 5) is 27.3. The number of carbonyl (C=O) groups is 2. The van der Waals surface area contributed by atoms with Crippen LogP contribution in [0.3, 0.4) is 0 Å². The van der Waals surface area contributed by atoms with Gasteiger partial charge in [-0.25, -0.2) is 4.79 Å². The standard InChI is InChI=1S/C21H38N4O7S/c1-5-22-21(30)25-6-7-31-17-11(9-25)8-23-13(17)19(29)24-12(10(2)3)18-15(27)14(26)16(28)20(32-18)33-4/h10-18,20,23,26-28H,5-9H2,1-4H3,(H,22,30)(H,24,29)/t11-,12-,13+,14?,15?,16-,17-,18-,20?/m1/s1. The molecule has 0 bridgehead atoms. The number of aliphatic hydroxyl groups excluding tert-OH is 3. The fourth-order valence-electron chi connectivity index (χ4n) is 4.79. The molecule has 3 fully saturated rings. The van der Waals surface area contributed by atoms with E-state index in [0.717, 1.165) is 0 Å². The average molecular weight is 491 g/mol. The number of hydrogen-bond donors (Lipinski definition) is 6. The van der Waals surface area contributed by atoms with E-state index < -0.39 is 41.9 Å². The summed E-state index contributed by atoms with van der Waals surface area (Å²) in [5.41, 5.74) is -0.717. The Kier molecular flexibility index (Phi) is 9.23. The Hall–Kier alpha value is -1.15. The van der Waals surface area contributed by atoms with Gasteiger partial charge in [-0.3, -0.25) is 4.79 Å². The van der Waals surface area contributed by atoms with Gasteiger partial charge in [-0.2, -0.15) is 0 Å². The normalized spacial score (nSPS) is 37.9. The maximum atomic E-state index is 13.3. The number of aliphatic hydroxyl groups is 3. The molecule has 0 aromatic rings. The van der Waals surface area contributed by atoms with Crippen molar-refractivity contribution in [2.45, 2.75) is 68.8 Å². The van der Waals surface area contributed by atoms with Crippen LogP contribution in [0.25, 0.3) is 0 Å². The lowest BCUT2D eigenvalue weighted by atomic mass is 9.88. The molecule has 11 nitrogen and oxygen atoms in total. The predicted octanol–water partition coefficient (Wildman–Crippen LogP) is -1.68. The second kappa shape index (κ2) is 11.5. The highest BCUT2D eigenvalue weighted by molar-refractivity contribution is 7.99. The summed E-state index contributed by atoms with van der Waals surface area (Å²) in [5.74, 6) is -0.429. The molecule has 9 atom stereocenters. The Labute approximate surface area is 198 Å². The van der Waals surface area contributed by atoms with E-state index in [1.54, 1.807) is 11.2 Å². The van der Waals surface area contributed by atoms with E-state index in [1.807, 2.05) is 20.8 Å². The molecular weight excluding hydrogens is 452 g/mol. The molecule has 3 amide bonds. The van der Waals surface area contributed by atoms with Crippen LogP contribution in [-0.4, -0.2) is 119 Å². The number of ether oxygens (including phenoxy) is 2. The van der Waals surface area contributed by atoms with Crippen molar-refractivity contribution in [3.8, 4) is 0 Å². The molecule has 0 aromatic carbocycles. The fourth-order valence-corrected chi connectivity index (χ4v) is 5.47. The Morgan fingerprint density at radius 2 is 1.94 bits per heavy atom. The highest BCUT2D eigenvalue weighted by Crippen LogP contribution is 2.31. The maximum absolute atomic E-state index is 13.3. The molecule has 12 heteroatoms. The number of carbonyl (C=O) groups excluding carboxylic acids is 2. The molecule has 0 spiro atoms. The first-order chi connectivity index (χ1) is 15.7. The SMILES string of the molecule is CCNC(=O)N1CCO[C@@H]2[C@H](CN[C@@H]2C(=O)N[C@H](C(C)C)[C@H]2OC(SC)[C@H](O)C(O)C2O)C1. The van der Waals surface area contributed by atoms with Gasteiger partial charge in [0.15, 0.2) is 0 Å². The molecule has 3 saturated heterocycles. The van der Waals surface area contributed by atoms with E-state index >= 15 is 0 Å². The van der Waals surface area contributed by atoms with Crippen LogP contribution < -0.4 is 16.0 Å². The number of thioether (sulfide) groups is 1. The molecule has 0 aromatic heterocycles. The molecular formula is C21H38N4O7S. The van der Waals surface area contributed by atoms with E-state index in [9.17, 15) is 24.9 Å². The Bertz CT molecular complexity index is 685. The number of nitrogens with zero attached hydrogens (tertiary/aromatic N) is 1. The minimum Gasteiger partial charge on any atom is -0.388 e. The fraction of sp³-hybridized carbons (Fsp3) is 0.905. The van der Waals surface area contributed by atoms with E-state index in [2.05, 4.69) is 16.0 Å². The van der Waals surface area contributed by atoms with Gasteiger partial charge in [0.2, 0.25) is 5.91 Å². The van der Waals surface area contributed by atoms with Crippen LogP contribution in [0.4, 0.5) is 4.79 Å². The Morgan fingerprint density at radius 3 is 2.58 bits per heavy atom. The molecule has 0 saturated carbocycles. The van der Waals surface area contributed by atoms with Gasteiger partial charge in [0.1, 0.15) is 35.9 Å². The average Bonchev–Trinajstić information content (AvgIpc) is 3.06. The first kappa shape index (κ1) is 26.5. The molecule has 3 unspecified atom stereocenters. The third kappa shape index (κ3) is 5.75. The van der Waals surface area contributed by atoms with Gasteiger partial charge in [-0.05, 0) is 19.1 Å². The molecule has 3 rings (SSSR count). The predicted molar refractivity (Wildman–Crippen MR) is 123 cm³/mol. The summed E-state index contributed by atoms with van der Waals surface area (Å²) in [6.07, 6.45) is -3.47. The highest BCUT2D eigenvalue weighted by atomic mass is 32.2. The smallest absolute Gasteiger partial charge is 0.317 e. The Morgan fingerprint density at radius 1 is 1.21 bits per heavy atom. The molecule has 3 heterocycles. The first-order valence-corrected chi connectivity index (χ1v) is 12.9. The summed E-state index contributed by atoms with van der Waals surface area (Å²) in [7, 11) is 0. The molecule has 3 aliphatic rings. The van der Waals surface area contributed by atoms with E-state index in [1.165, 1.54) is 11.8 Å². The van der Waals surface area contributed by atoms with Crippen molar-refractivity contribution in [1.82, 2.24) is 20.9 Å². The number of fused-ring (bicyclic) bond motifs is 1. The summed E-state index contributed by atoms with van der Waals surface area (Å²) >= 11 is 1.23. The molecule has 6 N–H and O–H groups in total. The highest BCUT2D eigenvalue weighted by Gasteiger charge is 2.49. The van der Waals surface area contributed by atoms with Gasteiger partial charge in [0.05, 0.1) is 18.8 Å². The van der Waals surface area contributed by atoms with E-state index in [4.69, 9.17) is 9.47 Å². The van der Waals surface area contributed by atoms with Crippen LogP contribution >= 0.6 is 11.8 Å². The lowest BCUT2D eigenvalue weighted by molar-refractivity contribution is -0.208. The zero-order valence-electron chi connectivity index (χ0n) is 19.6. The van der Waals surface area contributed by atoms with Crippen molar-refractivity contribution in [2.75, 3.05) is 39.0 Å². The lowest BCUT2D eigenvalue weighted by Crippen LogP contribution is -2.65. The summed E-state index contributed by atoms with van der Waals surface area (Å²) in [6.45, 7) is 8.01. The molecule has 0 radical (unpaired) electrons. The maximum Gasteiger partial charge on any atom is 0.317 e. The van der Waals surface area contributed by atoms with Gasteiger partial charge < -0.3 is 45.6 Å². The zero-order chi connectivity index (χ0) is 24.3. The van der Waals surface area contributed by atoms with Crippen LogP contribution in [0.1, 0.15) is 20.8 Å². The molecule has 190 valence electrons. The number of urea groups is 1. The number of rotatable bonds is 6. The van der Waals surface area contributed by atoms with Crippen molar-refractivity contribution in [2.24, 2.45) is 11.8 Å². The number of hydrogen-bond acceptors (Lipinski definition) is 9. The van der Waals surface area contributed by atoms with E-state index in [0.29, 0.717) is 32.8 Å². The number of nitrogens with one attached hydrogen (secondary N) is 3. The summed E-state index contributed by atoms with van der Waals surface area (Å²) in [5, 5.41) is 40.1. The van der Waals surface area contributed by atoms with Gasteiger partial charge >= 0.3 is 6.03 Å². The monoisotopic (exact) mass is 490 g/mol. The topological polar surface area (TPSA) is 153 Å². The van der Waals surface area contributed by atoms with Crippen LogP contribution in [0.2, 0.25) is 0 Å². The van der Waals surface area contributed by atoms with Crippen molar-refractivity contribution >= 4 is 23.7 Å². The second-order valence-electron chi connectivity index (χ2n) is 9.22. The van der Waals surface area contributed by atoms with Crippen LogP contribution in [0.5, 0.6) is 0 Å². The largest absolute Gasteiger partial charge is 0.388 e. The minimum atomic E-state index is -1.38. The summed E-state index contributed by atoms with van der Waals surface area (Å²) in [6, 6.07) is -1.34. The van der Waals surface area contributed by atoms with Crippen molar-refractivity contribution in [1.29, 1.82) is 0 Å². The van der Waals surface area contributed by atoms with Gasteiger partial charge in [0.25, 0.3) is 0 Å². The van der Waals surface area contributed by atoms with Crippen LogP contribution in [-0.2, 0) is 14.3 Å². The molecule has 0 aliphatic carbocycles. The van der Waals surface area contributed by atoms with Crippen LogP contribution in [0, 0.1) is 11.8 Å². The third-order valence-electron chi connectivity index (χ3n) is 6.64. The third-order valence-corrected chi connectivity index (χ3v) is 7.49. The van der Waals surface area contributed by atoms with Crippen LogP contribution in [0.15, 0.2) is 0 Å². The zero-order valence-corrected chi connectivity index (χ0v) is 20.5. The first-order valence-electron chi connectivity index (χ1n) is 11.6. The van der Waals surface area contributed by atoms with Gasteiger partial charge in [0, 0.05) is 32.1 Å². The van der Waals surface area contributed by atoms with Crippen molar-refractivity contribution < 1.29 is 34.4 Å². The van der Waals surface area contributed by atoms with Gasteiger partial charge in [-0.1, -0.05) is 13.8 Å². The van der Waals surface area contributed by atoms with Crippen molar-refractivity contribution in [3.63, 3.8) is 0 Å². The summed E-state index contributed by atoms with van der Waals surface area (Å²) < 4.78 is 11.9. The van der Waals surface area contributed by atoms with E-state index in [-0.39, 0.29) is 29.9 Å². The quantitative estimate of drug-likeness (QED) is 0.256. The molecule has 3 aliphatic heterocycles. The number of amides is 3. The minimum absolute atomic E-state index is 0.0299. The Balaban J connectivity index is 1.68. The molecule has 33 heavy (non-hydrogen) atoms.